The zero-order valence-electron chi connectivity index (χ0n) is 11.5. The fourth-order valence-electron chi connectivity index (χ4n) is 2.21. The maximum atomic E-state index is 12.3. The zero-order valence-corrected chi connectivity index (χ0v) is 12.3. The van der Waals surface area contributed by atoms with Gasteiger partial charge in [0.05, 0.1) is 11.4 Å². The van der Waals surface area contributed by atoms with Gasteiger partial charge in [0.15, 0.2) is 0 Å². The molecule has 0 spiro atoms. The Morgan fingerprint density at radius 1 is 1.50 bits per heavy atom. The van der Waals surface area contributed by atoms with Crippen LogP contribution in [0.4, 0.5) is 0 Å². The van der Waals surface area contributed by atoms with E-state index in [1.807, 2.05) is 7.05 Å². The minimum Gasteiger partial charge on any atom is -0.320 e. The number of nitrogens with one attached hydrogen (secondary N) is 1. The summed E-state index contributed by atoms with van der Waals surface area (Å²) < 4.78 is 27.4. The number of likely N-dealkylation sites (tertiary alicyclic amines) is 1. The summed E-state index contributed by atoms with van der Waals surface area (Å²) in [5, 5.41) is 0. The molecule has 1 aliphatic rings. The molecular weight excluding hydrogens is 274 g/mol. The number of hydrogen-bond acceptors (Lipinski definition) is 4. The van der Waals surface area contributed by atoms with Gasteiger partial charge in [-0.3, -0.25) is 0 Å². The van der Waals surface area contributed by atoms with Crippen molar-refractivity contribution in [2.45, 2.75) is 17.4 Å². The molecule has 20 heavy (non-hydrogen) atoms. The molecule has 0 aromatic heterocycles. The summed E-state index contributed by atoms with van der Waals surface area (Å²) in [6.45, 7) is 1.91. The lowest BCUT2D eigenvalue weighted by Crippen LogP contribution is -2.36. The highest BCUT2D eigenvalue weighted by Crippen LogP contribution is 2.14. The first kappa shape index (κ1) is 15.0. The van der Waals surface area contributed by atoms with Gasteiger partial charge in [0.1, 0.15) is 0 Å². The van der Waals surface area contributed by atoms with Gasteiger partial charge < -0.3 is 10.6 Å². The number of nitrogens with zero attached hydrogens (tertiary/aromatic N) is 1. The monoisotopic (exact) mass is 293 g/mol. The van der Waals surface area contributed by atoms with Gasteiger partial charge in [0.2, 0.25) is 10.0 Å². The zero-order chi connectivity index (χ0) is 14.6. The lowest BCUT2D eigenvalue weighted by molar-refractivity contribution is 0.407. The van der Waals surface area contributed by atoms with E-state index in [1.54, 1.807) is 24.3 Å². The number of hydrogen-bond donors (Lipinski definition) is 2. The molecule has 0 aliphatic carbocycles. The average molecular weight is 293 g/mol. The van der Waals surface area contributed by atoms with Gasteiger partial charge in [-0.05, 0) is 38.2 Å². The molecule has 3 N–H and O–H groups in total. The molecule has 6 heteroatoms. The van der Waals surface area contributed by atoms with E-state index in [-0.39, 0.29) is 17.5 Å². The second-order valence-corrected chi connectivity index (χ2v) is 6.62. The van der Waals surface area contributed by atoms with E-state index in [4.69, 9.17) is 5.73 Å². The molecule has 1 aliphatic heterocycles. The van der Waals surface area contributed by atoms with Crippen LogP contribution in [0.3, 0.4) is 0 Å². The third-order valence-corrected chi connectivity index (χ3v) is 4.71. The Morgan fingerprint density at radius 3 is 2.95 bits per heavy atom. The third kappa shape index (κ3) is 3.81. The lowest BCUT2D eigenvalue weighted by Gasteiger charge is -2.13. The van der Waals surface area contributed by atoms with Crippen LogP contribution in [0, 0.1) is 11.8 Å². The smallest absolute Gasteiger partial charge is 0.240 e. The molecule has 5 nitrogen and oxygen atoms in total. The Balaban J connectivity index is 2.16. The average Bonchev–Trinajstić information content (AvgIpc) is 2.81. The second-order valence-electron chi connectivity index (χ2n) is 4.90. The maximum absolute atomic E-state index is 12.3. The van der Waals surface area contributed by atoms with Crippen LogP contribution in [-0.4, -0.2) is 46.0 Å². The van der Waals surface area contributed by atoms with Crippen molar-refractivity contribution in [3.8, 4) is 11.8 Å². The van der Waals surface area contributed by atoms with Crippen LogP contribution in [-0.2, 0) is 10.0 Å². The summed E-state index contributed by atoms with van der Waals surface area (Å²) in [7, 11) is -1.51. The van der Waals surface area contributed by atoms with E-state index in [0.29, 0.717) is 5.56 Å². The topological polar surface area (TPSA) is 75.4 Å². The molecule has 0 radical (unpaired) electrons. The minimum absolute atomic E-state index is 0.0243. The standard InChI is InChI=1S/C14H19N3O2S/c1-17-9-7-13(11-17)16-20(18,19)14-6-2-4-12(10-14)5-3-8-15/h2,4,6,10,13,16H,7-9,11,15H2,1H3. The fraction of sp³-hybridized carbons (Fsp3) is 0.429. The Kier molecular flexibility index (Phi) is 4.78. The molecular formula is C14H19N3O2S. The van der Waals surface area contributed by atoms with Gasteiger partial charge in [0.25, 0.3) is 0 Å². The van der Waals surface area contributed by atoms with Gasteiger partial charge in [-0.2, -0.15) is 0 Å². The summed E-state index contributed by atoms with van der Waals surface area (Å²) in [6.07, 6.45) is 0.836. The molecule has 0 bridgehead atoms. The van der Waals surface area contributed by atoms with Crippen molar-refractivity contribution in [2.24, 2.45) is 5.73 Å². The number of likely N-dealkylation sites (N-methyl/N-ethyl adjacent to an activating group) is 1. The van der Waals surface area contributed by atoms with Crippen LogP contribution in [0.1, 0.15) is 12.0 Å². The van der Waals surface area contributed by atoms with E-state index >= 15 is 0 Å². The number of nitrogens with two attached hydrogens (primary N) is 1. The first-order valence-corrected chi connectivity index (χ1v) is 7.99. The number of sulfonamides is 1. The molecule has 2 rings (SSSR count). The highest BCUT2D eigenvalue weighted by molar-refractivity contribution is 7.89. The Morgan fingerprint density at radius 2 is 2.30 bits per heavy atom. The molecule has 1 fully saturated rings. The minimum atomic E-state index is -3.49. The van der Waals surface area contributed by atoms with Crippen molar-refractivity contribution in [3.05, 3.63) is 29.8 Å². The molecule has 1 heterocycles. The highest BCUT2D eigenvalue weighted by Gasteiger charge is 2.25. The second kappa shape index (κ2) is 6.37. The van der Waals surface area contributed by atoms with Crippen molar-refractivity contribution < 1.29 is 8.42 Å². The van der Waals surface area contributed by atoms with E-state index in [9.17, 15) is 8.42 Å². The molecule has 1 unspecified atom stereocenters. The van der Waals surface area contributed by atoms with E-state index in [0.717, 1.165) is 19.5 Å². The molecule has 0 amide bonds. The molecule has 1 saturated heterocycles. The maximum Gasteiger partial charge on any atom is 0.240 e. The largest absolute Gasteiger partial charge is 0.320 e. The van der Waals surface area contributed by atoms with Crippen molar-refractivity contribution in [1.82, 2.24) is 9.62 Å². The van der Waals surface area contributed by atoms with Crippen LogP contribution >= 0.6 is 0 Å². The molecule has 1 aromatic carbocycles. The van der Waals surface area contributed by atoms with Crippen molar-refractivity contribution in [2.75, 3.05) is 26.7 Å². The van der Waals surface area contributed by atoms with Crippen molar-refractivity contribution in [3.63, 3.8) is 0 Å². The van der Waals surface area contributed by atoms with Gasteiger partial charge in [-0.25, -0.2) is 13.1 Å². The Hall–Kier alpha value is -1.39. The summed E-state index contributed by atoms with van der Waals surface area (Å²) in [4.78, 5) is 2.35. The van der Waals surface area contributed by atoms with E-state index in [1.165, 1.54) is 0 Å². The van der Waals surface area contributed by atoms with Gasteiger partial charge >= 0.3 is 0 Å². The van der Waals surface area contributed by atoms with Crippen LogP contribution < -0.4 is 10.5 Å². The lowest BCUT2D eigenvalue weighted by atomic mass is 10.2. The summed E-state index contributed by atoms with van der Waals surface area (Å²) in [5.74, 6) is 5.56. The molecule has 108 valence electrons. The van der Waals surface area contributed by atoms with Crippen LogP contribution in [0.2, 0.25) is 0 Å². The fourth-order valence-corrected chi connectivity index (χ4v) is 3.52. The predicted octanol–water partition coefficient (Wildman–Crippen LogP) is -0.0208. The highest BCUT2D eigenvalue weighted by atomic mass is 32.2. The van der Waals surface area contributed by atoms with Crippen LogP contribution in [0.15, 0.2) is 29.2 Å². The first-order chi connectivity index (χ1) is 9.51. The van der Waals surface area contributed by atoms with Crippen molar-refractivity contribution >= 4 is 10.0 Å². The van der Waals surface area contributed by atoms with E-state index in [2.05, 4.69) is 21.5 Å². The summed E-state index contributed by atoms with van der Waals surface area (Å²) in [6, 6.07) is 6.59. The number of rotatable bonds is 3. The Bertz CT molecular complexity index is 631. The Labute approximate surface area is 120 Å². The summed E-state index contributed by atoms with van der Waals surface area (Å²) >= 11 is 0. The SMILES string of the molecule is CN1CCC(NS(=O)(=O)c2cccc(C#CCN)c2)C1. The molecule has 1 aromatic rings. The van der Waals surface area contributed by atoms with Crippen molar-refractivity contribution in [1.29, 1.82) is 0 Å². The quantitative estimate of drug-likeness (QED) is 0.768. The number of benzene rings is 1. The van der Waals surface area contributed by atoms with E-state index < -0.39 is 10.0 Å². The summed E-state index contributed by atoms with van der Waals surface area (Å²) in [5.41, 5.74) is 5.97. The van der Waals surface area contributed by atoms with Crippen LogP contribution in [0.5, 0.6) is 0 Å². The van der Waals surface area contributed by atoms with Gasteiger partial charge in [0, 0.05) is 18.2 Å². The predicted molar refractivity (Wildman–Crippen MR) is 78.6 cm³/mol. The normalized spacial score (nSPS) is 19.6. The van der Waals surface area contributed by atoms with Gasteiger partial charge in [-0.15, -0.1) is 0 Å². The van der Waals surface area contributed by atoms with Crippen LogP contribution in [0.25, 0.3) is 0 Å². The first-order valence-electron chi connectivity index (χ1n) is 6.51. The van der Waals surface area contributed by atoms with Gasteiger partial charge in [-0.1, -0.05) is 17.9 Å². The third-order valence-electron chi connectivity index (χ3n) is 3.19. The molecule has 1 atom stereocenters. The molecule has 0 saturated carbocycles.